The standard InChI is InChI=1S/C9HF19O/c10-1(11,2(12,13)4(16,17)6(20,21)8(23,24)25)3(14,15)5(18,19)7(22,29)9(26,27)28/h29H. The normalized spacial score (nSPS) is 18.6. The van der Waals surface area contributed by atoms with Gasteiger partial charge in [0.05, 0.1) is 0 Å². The van der Waals surface area contributed by atoms with E-state index in [2.05, 4.69) is 0 Å². The molecule has 0 bridgehead atoms. The first-order valence-corrected chi connectivity index (χ1v) is 5.81. The lowest BCUT2D eigenvalue weighted by molar-refractivity contribution is -0.482. The maximum atomic E-state index is 13.0. The molecule has 0 saturated carbocycles. The van der Waals surface area contributed by atoms with Gasteiger partial charge in [0.25, 0.3) is 0 Å². The first-order valence-electron chi connectivity index (χ1n) is 5.81. The van der Waals surface area contributed by atoms with Gasteiger partial charge in [-0.15, -0.1) is 0 Å². The van der Waals surface area contributed by atoms with E-state index in [1.165, 1.54) is 0 Å². The average Bonchev–Trinajstić information content (AvgIpc) is 2.43. The monoisotopic (exact) mass is 486 g/mol. The highest BCUT2D eigenvalue weighted by atomic mass is 19.4. The molecule has 0 spiro atoms. The van der Waals surface area contributed by atoms with Crippen LogP contribution in [0.25, 0.3) is 0 Å². The van der Waals surface area contributed by atoms with Crippen LogP contribution in [0.15, 0.2) is 0 Å². The molecule has 0 aliphatic heterocycles. The first-order chi connectivity index (χ1) is 12.0. The predicted molar refractivity (Wildman–Crippen MR) is 47.8 cm³/mol. The van der Waals surface area contributed by atoms with Crippen molar-refractivity contribution >= 4 is 0 Å². The minimum absolute atomic E-state index is 7.70. The van der Waals surface area contributed by atoms with Crippen LogP contribution in [-0.4, -0.2) is 58.8 Å². The van der Waals surface area contributed by atoms with Crippen molar-refractivity contribution in [3.63, 3.8) is 0 Å². The van der Waals surface area contributed by atoms with E-state index >= 15 is 0 Å². The third-order valence-electron chi connectivity index (χ3n) is 3.12. The second kappa shape index (κ2) is 6.32. The minimum atomic E-state index is -8.94. The smallest absolute Gasteiger partial charge is 0.350 e. The zero-order valence-electron chi connectivity index (χ0n) is 12.1. The summed E-state index contributed by atoms with van der Waals surface area (Å²) in [4.78, 5) is 0. The topological polar surface area (TPSA) is 20.2 Å². The highest BCUT2D eigenvalue weighted by Crippen LogP contribution is 2.64. The number of rotatable bonds is 6. The molecule has 20 heteroatoms. The number of aliphatic hydroxyl groups is 1. The molecular formula is C9HF19O. The van der Waals surface area contributed by atoms with Crippen molar-refractivity contribution in [2.75, 3.05) is 0 Å². The summed E-state index contributed by atoms with van der Waals surface area (Å²) in [6.45, 7) is 0. The molecule has 176 valence electrons. The fourth-order valence-electron chi connectivity index (χ4n) is 1.35. The van der Waals surface area contributed by atoms with Crippen molar-refractivity contribution in [2.24, 2.45) is 0 Å². The molecule has 0 aromatic heterocycles. The molecule has 0 aromatic rings. The number of hydrogen-bond donors (Lipinski definition) is 1. The molecule has 0 fully saturated rings. The van der Waals surface area contributed by atoms with Crippen LogP contribution in [0, 0.1) is 0 Å². The largest absolute Gasteiger partial charge is 0.460 e. The second-order valence-electron chi connectivity index (χ2n) is 5.06. The molecule has 0 rings (SSSR count). The summed E-state index contributed by atoms with van der Waals surface area (Å²) < 4.78 is 237. The van der Waals surface area contributed by atoms with E-state index < -0.39 is 53.7 Å². The SMILES string of the molecule is OC(F)(C(F)(F)F)C(F)(F)C(F)(F)C(F)(F)C(F)(F)C(F)(F)C(F)(F)C(F)(F)F. The van der Waals surface area contributed by atoms with Crippen molar-refractivity contribution in [3.05, 3.63) is 0 Å². The van der Waals surface area contributed by atoms with Crippen molar-refractivity contribution in [2.45, 2.75) is 53.7 Å². The Morgan fingerprint density at radius 2 is 0.483 bits per heavy atom. The van der Waals surface area contributed by atoms with Gasteiger partial charge in [-0.25, -0.2) is 0 Å². The molecule has 1 nitrogen and oxygen atoms in total. The molecule has 29 heavy (non-hydrogen) atoms. The van der Waals surface area contributed by atoms with Crippen LogP contribution in [-0.2, 0) is 0 Å². The van der Waals surface area contributed by atoms with Crippen molar-refractivity contribution in [3.8, 4) is 0 Å². The van der Waals surface area contributed by atoms with Crippen molar-refractivity contribution in [1.29, 1.82) is 0 Å². The van der Waals surface area contributed by atoms with Crippen LogP contribution < -0.4 is 0 Å². The molecule has 1 atom stereocenters. The van der Waals surface area contributed by atoms with Gasteiger partial charge >= 0.3 is 53.7 Å². The quantitative estimate of drug-likeness (QED) is 0.487. The Hall–Kier alpha value is -1.37. The second-order valence-corrected chi connectivity index (χ2v) is 5.06. The lowest BCUT2D eigenvalue weighted by Crippen LogP contribution is -2.76. The summed E-state index contributed by atoms with van der Waals surface area (Å²) in [7, 11) is 0. The van der Waals surface area contributed by atoms with E-state index in [-0.39, 0.29) is 0 Å². The van der Waals surface area contributed by atoms with Crippen molar-refractivity contribution in [1.82, 2.24) is 0 Å². The average molecular weight is 486 g/mol. The van der Waals surface area contributed by atoms with E-state index in [4.69, 9.17) is 5.11 Å². The Balaban J connectivity index is 6.82. The Morgan fingerprint density at radius 3 is 0.690 bits per heavy atom. The van der Waals surface area contributed by atoms with Gasteiger partial charge in [-0.1, -0.05) is 0 Å². The Kier molecular flexibility index (Phi) is 6.02. The maximum Gasteiger partial charge on any atom is 0.460 e. The summed E-state index contributed by atoms with van der Waals surface area (Å²) in [5, 5.41) is 7.72. The fourth-order valence-corrected chi connectivity index (χ4v) is 1.35. The minimum Gasteiger partial charge on any atom is -0.350 e. The van der Waals surface area contributed by atoms with Crippen LogP contribution in [0.4, 0.5) is 83.4 Å². The molecule has 0 aliphatic carbocycles. The molecule has 1 N–H and O–H groups in total. The summed E-state index contributed by atoms with van der Waals surface area (Å²) in [6.07, 6.45) is -15.6. The fraction of sp³-hybridized carbons (Fsp3) is 1.00. The first kappa shape index (κ1) is 27.6. The summed E-state index contributed by atoms with van der Waals surface area (Å²) in [5.74, 6) is -60.1. The number of alkyl halides is 19. The van der Waals surface area contributed by atoms with Crippen LogP contribution in [0.5, 0.6) is 0 Å². The van der Waals surface area contributed by atoms with Gasteiger partial charge in [0.1, 0.15) is 0 Å². The molecular weight excluding hydrogens is 485 g/mol. The van der Waals surface area contributed by atoms with Crippen molar-refractivity contribution < 1.29 is 88.5 Å². The van der Waals surface area contributed by atoms with E-state index in [1.54, 1.807) is 0 Å². The highest BCUT2D eigenvalue weighted by Gasteiger charge is 2.96. The van der Waals surface area contributed by atoms with E-state index in [0.29, 0.717) is 0 Å². The lowest BCUT2D eigenvalue weighted by atomic mass is 9.88. The zero-order valence-corrected chi connectivity index (χ0v) is 12.1. The molecule has 0 aromatic carbocycles. The van der Waals surface area contributed by atoms with Crippen LogP contribution in [0.2, 0.25) is 0 Å². The molecule has 0 amide bonds. The Labute approximate surface area is 144 Å². The van der Waals surface area contributed by atoms with Gasteiger partial charge in [-0.05, 0) is 0 Å². The summed E-state index contributed by atoms with van der Waals surface area (Å²) >= 11 is 0. The molecule has 1 unspecified atom stereocenters. The molecule has 0 saturated heterocycles. The molecule has 0 aliphatic rings. The van der Waals surface area contributed by atoms with Crippen LogP contribution >= 0.6 is 0 Å². The number of hydrogen-bond acceptors (Lipinski definition) is 1. The Bertz CT molecular complexity index is 554. The molecule has 0 heterocycles. The van der Waals surface area contributed by atoms with Crippen LogP contribution in [0.3, 0.4) is 0 Å². The van der Waals surface area contributed by atoms with Gasteiger partial charge in [-0.2, -0.15) is 83.4 Å². The van der Waals surface area contributed by atoms with E-state index in [9.17, 15) is 83.4 Å². The maximum absolute atomic E-state index is 13.0. The molecule has 0 radical (unpaired) electrons. The summed E-state index contributed by atoms with van der Waals surface area (Å²) in [5.41, 5.74) is 0. The predicted octanol–water partition coefficient (Wildman–Crippen LogP) is 5.58. The van der Waals surface area contributed by atoms with Gasteiger partial charge < -0.3 is 5.11 Å². The van der Waals surface area contributed by atoms with Gasteiger partial charge in [0, 0.05) is 0 Å². The highest BCUT2D eigenvalue weighted by molar-refractivity contribution is 5.15. The van der Waals surface area contributed by atoms with E-state index in [0.717, 1.165) is 0 Å². The summed E-state index contributed by atoms with van der Waals surface area (Å²) in [6, 6.07) is 0. The van der Waals surface area contributed by atoms with Gasteiger partial charge in [-0.3, -0.25) is 0 Å². The lowest BCUT2D eigenvalue weighted by Gasteiger charge is -2.43. The van der Waals surface area contributed by atoms with Crippen LogP contribution in [0.1, 0.15) is 0 Å². The van der Waals surface area contributed by atoms with E-state index in [1.807, 2.05) is 0 Å². The third kappa shape index (κ3) is 3.24. The zero-order chi connectivity index (χ0) is 24.5. The van der Waals surface area contributed by atoms with Gasteiger partial charge in [0.15, 0.2) is 0 Å². The Morgan fingerprint density at radius 1 is 0.276 bits per heavy atom. The number of halogens is 19. The third-order valence-corrected chi connectivity index (χ3v) is 3.12. The van der Waals surface area contributed by atoms with Gasteiger partial charge in [0.2, 0.25) is 0 Å².